The Labute approximate surface area is 169 Å². The van der Waals surface area contributed by atoms with E-state index in [0.717, 1.165) is 53.8 Å². The third-order valence-electron chi connectivity index (χ3n) is 5.17. The molecule has 2 aromatic carbocycles. The number of benzene rings is 2. The highest BCUT2D eigenvalue weighted by molar-refractivity contribution is 6.32. The molecule has 1 fully saturated rings. The smallest absolute Gasteiger partial charge is 0.138 e. The molecular weight excluding hydrogens is 379 g/mol. The Balaban J connectivity index is 1.30. The highest BCUT2D eigenvalue weighted by atomic mass is 35.5. The fourth-order valence-electron chi connectivity index (χ4n) is 3.61. The molecule has 1 N–H and O–H groups in total. The fourth-order valence-corrected chi connectivity index (χ4v) is 3.95. The van der Waals surface area contributed by atoms with E-state index < -0.39 is 0 Å². The van der Waals surface area contributed by atoms with Crippen molar-refractivity contribution in [2.75, 3.05) is 0 Å². The van der Waals surface area contributed by atoms with Crippen LogP contribution in [0.1, 0.15) is 31.2 Å². The molecule has 140 valence electrons. The van der Waals surface area contributed by atoms with Crippen LogP contribution in [0.25, 0.3) is 10.8 Å². The first kappa shape index (κ1) is 18.5. The van der Waals surface area contributed by atoms with Crippen molar-refractivity contribution in [1.29, 1.82) is 0 Å². The molecule has 4 rings (SSSR count). The van der Waals surface area contributed by atoms with Crippen molar-refractivity contribution in [3.8, 4) is 5.75 Å². The van der Waals surface area contributed by atoms with Crippen LogP contribution in [0, 0.1) is 0 Å². The number of rotatable bonds is 5. The number of hydrogen-bond donors (Lipinski definition) is 1. The largest absolute Gasteiger partial charge is 0.489 e. The first-order valence-corrected chi connectivity index (χ1v) is 10.1. The average Bonchev–Trinajstić information content (AvgIpc) is 2.69. The van der Waals surface area contributed by atoms with E-state index in [-0.39, 0.29) is 6.10 Å². The summed E-state index contributed by atoms with van der Waals surface area (Å²) in [6, 6.07) is 14.5. The van der Waals surface area contributed by atoms with Gasteiger partial charge in [0.25, 0.3) is 0 Å². The first-order valence-electron chi connectivity index (χ1n) is 9.35. The molecule has 1 saturated carbocycles. The predicted octanol–water partition coefficient (Wildman–Crippen LogP) is 6.02. The normalized spacial score (nSPS) is 19.9. The number of fused-ring (bicyclic) bond motifs is 1. The Bertz CT molecular complexity index is 906. The van der Waals surface area contributed by atoms with Crippen LogP contribution in [-0.4, -0.2) is 17.1 Å². The monoisotopic (exact) mass is 400 g/mol. The van der Waals surface area contributed by atoms with Gasteiger partial charge in [-0.2, -0.15) is 0 Å². The summed E-state index contributed by atoms with van der Waals surface area (Å²) in [6.07, 6.45) is 8.10. The molecule has 27 heavy (non-hydrogen) atoms. The molecule has 1 aliphatic rings. The maximum Gasteiger partial charge on any atom is 0.138 e. The van der Waals surface area contributed by atoms with Crippen molar-refractivity contribution in [2.45, 2.75) is 44.4 Å². The van der Waals surface area contributed by atoms with E-state index in [1.165, 1.54) is 5.56 Å². The maximum atomic E-state index is 6.41. The van der Waals surface area contributed by atoms with Gasteiger partial charge in [-0.1, -0.05) is 35.3 Å². The van der Waals surface area contributed by atoms with E-state index in [1.807, 2.05) is 36.5 Å². The standard InChI is InChI=1S/C22H22Cl2N2O/c23-18-3-1-15(2-4-18)13-26-19-5-7-20(8-6-19)27-22-12-16-9-10-25-14-17(16)11-21(22)24/h1-4,9-12,14,19-20,26H,5-8,13H2. The van der Waals surface area contributed by atoms with Gasteiger partial charge in [0, 0.05) is 35.4 Å². The minimum Gasteiger partial charge on any atom is -0.489 e. The van der Waals surface area contributed by atoms with Crippen molar-refractivity contribution in [2.24, 2.45) is 0 Å². The number of pyridine rings is 1. The Morgan fingerprint density at radius 1 is 0.963 bits per heavy atom. The van der Waals surface area contributed by atoms with Gasteiger partial charge in [0.05, 0.1) is 11.1 Å². The van der Waals surface area contributed by atoms with Gasteiger partial charge in [0.15, 0.2) is 0 Å². The van der Waals surface area contributed by atoms with E-state index in [2.05, 4.69) is 22.4 Å². The number of ether oxygens (including phenoxy) is 1. The van der Waals surface area contributed by atoms with E-state index in [0.29, 0.717) is 11.1 Å². The number of hydrogen-bond acceptors (Lipinski definition) is 3. The van der Waals surface area contributed by atoms with Crippen LogP contribution in [-0.2, 0) is 6.54 Å². The van der Waals surface area contributed by atoms with Crippen LogP contribution >= 0.6 is 23.2 Å². The van der Waals surface area contributed by atoms with E-state index in [9.17, 15) is 0 Å². The van der Waals surface area contributed by atoms with Crippen molar-refractivity contribution in [3.63, 3.8) is 0 Å². The lowest BCUT2D eigenvalue weighted by Crippen LogP contribution is -2.35. The molecule has 0 spiro atoms. The summed E-state index contributed by atoms with van der Waals surface area (Å²) in [7, 11) is 0. The van der Waals surface area contributed by atoms with Gasteiger partial charge in [-0.05, 0) is 67.0 Å². The van der Waals surface area contributed by atoms with Gasteiger partial charge in [0.2, 0.25) is 0 Å². The fraction of sp³-hybridized carbons (Fsp3) is 0.318. The molecule has 0 atom stereocenters. The second-order valence-corrected chi connectivity index (χ2v) is 7.95. The molecular formula is C22H22Cl2N2O. The lowest BCUT2D eigenvalue weighted by Gasteiger charge is -2.30. The average molecular weight is 401 g/mol. The SMILES string of the molecule is Clc1ccc(CNC2CCC(Oc3cc4ccncc4cc3Cl)CC2)cc1. The molecule has 1 aliphatic carbocycles. The minimum atomic E-state index is 0.218. The molecule has 5 heteroatoms. The molecule has 1 aromatic heterocycles. The second-order valence-electron chi connectivity index (χ2n) is 7.10. The van der Waals surface area contributed by atoms with Gasteiger partial charge in [-0.3, -0.25) is 4.98 Å². The molecule has 0 saturated heterocycles. The second kappa shape index (κ2) is 8.47. The first-order chi connectivity index (χ1) is 13.2. The summed E-state index contributed by atoms with van der Waals surface area (Å²) in [6.45, 7) is 0.873. The van der Waals surface area contributed by atoms with E-state index in [1.54, 1.807) is 6.20 Å². The number of nitrogens with zero attached hydrogens (tertiary/aromatic N) is 1. The zero-order valence-corrected chi connectivity index (χ0v) is 16.5. The van der Waals surface area contributed by atoms with E-state index >= 15 is 0 Å². The van der Waals surface area contributed by atoms with Crippen LogP contribution in [0.15, 0.2) is 54.9 Å². The Hall–Kier alpha value is -1.81. The summed E-state index contributed by atoms with van der Waals surface area (Å²) >= 11 is 12.3. The zero-order chi connectivity index (χ0) is 18.6. The quantitative estimate of drug-likeness (QED) is 0.568. The number of aromatic nitrogens is 1. The molecule has 0 amide bonds. The lowest BCUT2D eigenvalue weighted by atomic mass is 9.92. The highest BCUT2D eigenvalue weighted by Crippen LogP contribution is 2.33. The van der Waals surface area contributed by atoms with Gasteiger partial charge >= 0.3 is 0 Å². The van der Waals surface area contributed by atoms with Gasteiger partial charge in [0.1, 0.15) is 5.75 Å². The van der Waals surface area contributed by atoms with Crippen LogP contribution in [0.4, 0.5) is 0 Å². The molecule has 1 heterocycles. The third kappa shape index (κ3) is 4.73. The number of nitrogens with one attached hydrogen (secondary N) is 1. The van der Waals surface area contributed by atoms with Crippen molar-refractivity contribution < 1.29 is 4.74 Å². The van der Waals surface area contributed by atoms with Crippen molar-refractivity contribution in [1.82, 2.24) is 10.3 Å². The summed E-state index contributed by atoms with van der Waals surface area (Å²) in [5, 5.41) is 7.21. The third-order valence-corrected chi connectivity index (χ3v) is 5.71. The van der Waals surface area contributed by atoms with Gasteiger partial charge in [-0.15, -0.1) is 0 Å². The Morgan fingerprint density at radius 2 is 1.74 bits per heavy atom. The molecule has 3 aromatic rings. The van der Waals surface area contributed by atoms with E-state index in [4.69, 9.17) is 27.9 Å². The summed E-state index contributed by atoms with van der Waals surface area (Å²) < 4.78 is 6.22. The molecule has 0 unspecified atom stereocenters. The van der Waals surface area contributed by atoms with Crippen LogP contribution in [0.2, 0.25) is 10.0 Å². The maximum absolute atomic E-state index is 6.41. The summed E-state index contributed by atoms with van der Waals surface area (Å²) in [4.78, 5) is 4.14. The Morgan fingerprint density at radius 3 is 2.52 bits per heavy atom. The molecule has 3 nitrogen and oxygen atoms in total. The predicted molar refractivity (Wildman–Crippen MR) is 112 cm³/mol. The van der Waals surface area contributed by atoms with Crippen molar-refractivity contribution >= 4 is 34.0 Å². The zero-order valence-electron chi connectivity index (χ0n) is 15.0. The van der Waals surface area contributed by atoms with Gasteiger partial charge < -0.3 is 10.1 Å². The lowest BCUT2D eigenvalue weighted by molar-refractivity contribution is 0.139. The summed E-state index contributed by atoms with van der Waals surface area (Å²) in [5.74, 6) is 0.771. The molecule has 0 bridgehead atoms. The van der Waals surface area contributed by atoms with Crippen LogP contribution in [0.5, 0.6) is 5.75 Å². The number of halogens is 2. The molecule has 0 radical (unpaired) electrons. The topological polar surface area (TPSA) is 34.1 Å². The van der Waals surface area contributed by atoms with Crippen LogP contribution in [0.3, 0.4) is 0 Å². The van der Waals surface area contributed by atoms with Crippen LogP contribution < -0.4 is 10.1 Å². The van der Waals surface area contributed by atoms with Gasteiger partial charge in [-0.25, -0.2) is 0 Å². The highest BCUT2D eigenvalue weighted by Gasteiger charge is 2.23. The minimum absolute atomic E-state index is 0.218. The molecule has 0 aliphatic heterocycles. The summed E-state index contributed by atoms with van der Waals surface area (Å²) in [5.41, 5.74) is 1.26. The van der Waals surface area contributed by atoms with Crippen molar-refractivity contribution in [3.05, 3.63) is 70.5 Å². The Kier molecular flexibility index (Phi) is 5.82.